The van der Waals surface area contributed by atoms with Crippen LogP contribution < -0.4 is 10.6 Å². The van der Waals surface area contributed by atoms with Gasteiger partial charge in [0.2, 0.25) is 5.91 Å². The maximum atomic E-state index is 13.1. The molecule has 1 saturated heterocycles. The fourth-order valence-electron chi connectivity index (χ4n) is 4.07. The normalized spacial score (nSPS) is 28.2. The zero-order chi connectivity index (χ0) is 19.6. The van der Waals surface area contributed by atoms with Crippen LogP contribution in [0.2, 0.25) is 5.02 Å². The quantitative estimate of drug-likeness (QED) is 0.756. The molecule has 3 atom stereocenters. The number of nitrogens with one attached hydrogen (secondary N) is 2. The van der Waals surface area contributed by atoms with Crippen molar-refractivity contribution in [3.8, 4) is 0 Å². The first kappa shape index (κ1) is 19.7. The molecule has 2 aliphatic rings. The summed E-state index contributed by atoms with van der Waals surface area (Å²) >= 11 is 5.94. The van der Waals surface area contributed by atoms with Gasteiger partial charge in [-0.2, -0.15) is 0 Å². The van der Waals surface area contributed by atoms with Crippen LogP contribution in [-0.2, 0) is 15.1 Å². The second kappa shape index (κ2) is 7.89. The van der Waals surface area contributed by atoms with Gasteiger partial charge in [0, 0.05) is 11.1 Å². The highest BCUT2D eigenvalue weighted by Crippen LogP contribution is 2.33. The largest absolute Gasteiger partial charge is 0.352 e. The molecule has 0 aromatic heterocycles. The van der Waals surface area contributed by atoms with Crippen molar-refractivity contribution in [2.45, 2.75) is 57.5 Å². The van der Waals surface area contributed by atoms with Crippen molar-refractivity contribution in [3.05, 3.63) is 34.9 Å². The van der Waals surface area contributed by atoms with E-state index in [4.69, 9.17) is 11.6 Å². The Balaban J connectivity index is 1.73. The van der Waals surface area contributed by atoms with Gasteiger partial charge in [-0.05, 0) is 42.9 Å². The zero-order valence-corrected chi connectivity index (χ0v) is 16.5. The minimum absolute atomic E-state index is 0.110. The summed E-state index contributed by atoms with van der Waals surface area (Å²) in [6, 6.07) is 6.42. The molecule has 1 aromatic rings. The molecule has 0 spiro atoms. The summed E-state index contributed by atoms with van der Waals surface area (Å²) in [5.74, 6) is -0.279. The van der Waals surface area contributed by atoms with E-state index in [-0.39, 0.29) is 18.5 Å². The summed E-state index contributed by atoms with van der Waals surface area (Å²) in [5, 5.41) is 6.34. The van der Waals surface area contributed by atoms with Crippen LogP contribution in [0.4, 0.5) is 4.79 Å². The van der Waals surface area contributed by atoms with Crippen LogP contribution in [0, 0.1) is 5.92 Å². The minimum atomic E-state index is -1.15. The van der Waals surface area contributed by atoms with Crippen molar-refractivity contribution >= 4 is 29.4 Å². The molecule has 4 amide bonds. The molecule has 3 unspecified atom stereocenters. The molecule has 146 valence electrons. The maximum Gasteiger partial charge on any atom is 0.325 e. The number of rotatable bonds is 5. The Hall–Kier alpha value is -2.08. The van der Waals surface area contributed by atoms with Gasteiger partial charge in [0.25, 0.3) is 5.91 Å². The van der Waals surface area contributed by atoms with E-state index in [0.717, 1.165) is 24.2 Å². The van der Waals surface area contributed by atoms with E-state index in [1.165, 1.54) is 6.42 Å². The molecule has 7 heteroatoms. The molecule has 0 radical (unpaired) electrons. The topological polar surface area (TPSA) is 78.5 Å². The molecular weight excluding hydrogens is 366 g/mol. The van der Waals surface area contributed by atoms with Gasteiger partial charge in [-0.3, -0.25) is 14.5 Å². The summed E-state index contributed by atoms with van der Waals surface area (Å²) < 4.78 is 0. The Labute approximate surface area is 164 Å². The molecule has 1 aromatic carbocycles. The van der Waals surface area contributed by atoms with Crippen molar-refractivity contribution in [2.24, 2.45) is 5.92 Å². The third-order valence-electron chi connectivity index (χ3n) is 5.80. The first-order valence-electron chi connectivity index (χ1n) is 9.57. The summed E-state index contributed by atoms with van der Waals surface area (Å²) in [7, 11) is 0. The lowest BCUT2D eigenvalue weighted by molar-refractivity contribution is -0.135. The standard InChI is InChI=1S/C20H26ClN3O3/c1-3-20(14-8-10-15(21)11-9-14)18(26)24(19(27)23-20)12-17(25)22-16-7-5-4-6-13(16)2/h8-11,13,16H,3-7,12H2,1-2H3,(H,22,25)(H,23,27). The third kappa shape index (κ3) is 3.81. The lowest BCUT2D eigenvalue weighted by atomic mass is 9.86. The van der Waals surface area contributed by atoms with Crippen LogP contribution in [0.5, 0.6) is 0 Å². The zero-order valence-electron chi connectivity index (χ0n) is 15.8. The van der Waals surface area contributed by atoms with Crippen molar-refractivity contribution in [1.82, 2.24) is 15.5 Å². The van der Waals surface area contributed by atoms with Gasteiger partial charge in [0.1, 0.15) is 12.1 Å². The molecule has 1 aliphatic heterocycles. The van der Waals surface area contributed by atoms with Crippen LogP contribution in [0.3, 0.4) is 0 Å². The number of amides is 4. The Kier molecular flexibility index (Phi) is 5.75. The highest BCUT2D eigenvalue weighted by molar-refractivity contribution is 6.30. The van der Waals surface area contributed by atoms with Crippen molar-refractivity contribution in [2.75, 3.05) is 6.54 Å². The summed E-state index contributed by atoms with van der Waals surface area (Å²) in [4.78, 5) is 39.1. The van der Waals surface area contributed by atoms with Crippen LogP contribution in [0.25, 0.3) is 0 Å². The number of hydrogen-bond donors (Lipinski definition) is 2. The van der Waals surface area contributed by atoms with Gasteiger partial charge in [-0.15, -0.1) is 0 Å². The number of halogens is 1. The number of nitrogens with zero attached hydrogens (tertiary/aromatic N) is 1. The van der Waals surface area contributed by atoms with Gasteiger partial charge < -0.3 is 10.6 Å². The molecular formula is C20H26ClN3O3. The van der Waals surface area contributed by atoms with Crippen molar-refractivity contribution < 1.29 is 14.4 Å². The molecule has 1 heterocycles. The monoisotopic (exact) mass is 391 g/mol. The second-order valence-electron chi connectivity index (χ2n) is 7.52. The van der Waals surface area contributed by atoms with Gasteiger partial charge in [-0.1, -0.05) is 50.4 Å². The Morgan fingerprint density at radius 3 is 2.56 bits per heavy atom. The van der Waals surface area contributed by atoms with Crippen LogP contribution in [0.1, 0.15) is 51.5 Å². The molecule has 2 N–H and O–H groups in total. The van der Waals surface area contributed by atoms with Gasteiger partial charge in [0.15, 0.2) is 0 Å². The average molecular weight is 392 g/mol. The maximum absolute atomic E-state index is 13.1. The highest BCUT2D eigenvalue weighted by atomic mass is 35.5. The predicted molar refractivity (Wildman–Crippen MR) is 103 cm³/mol. The van der Waals surface area contributed by atoms with E-state index in [9.17, 15) is 14.4 Å². The van der Waals surface area contributed by atoms with Crippen LogP contribution >= 0.6 is 11.6 Å². The van der Waals surface area contributed by atoms with Crippen LogP contribution in [-0.4, -0.2) is 35.3 Å². The Morgan fingerprint density at radius 1 is 1.26 bits per heavy atom. The lowest BCUT2D eigenvalue weighted by Crippen LogP contribution is -2.48. The number of carbonyl (C=O) groups is 3. The summed E-state index contributed by atoms with van der Waals surface area (Å²) in [6.45, 7) is 3.70. The molecule has 27 heavy (non-hydrogen) atoms. The van der Waals surface area contributed by atoms with Gasteiger partial charge in [-0.25, -0.2) is 4.79 Å². The van der Waals surface area contributed by atoms with E-state index < -0.39 is 17.5 Å². The van der Waals surface area contributed by atoms with E-state index in [1.807, 2.05) is 6.92 Å². The molecule has 0 bridgehead atoms. The summed E-state index contributed by atoms with van der Waals surface area (Å²) in [6.07, 6.45) is 4.69. The number of imide groups is 1. The van der Waals surface area contributed by atoms with E-state index >= 15 is 0 Å². The van der Waals surface area contributed by atoms with E-state index in [2.05, 4.69) is 17.6 Å². The Bertz CT molecular complexity index is 736. The van der Waals surface area contributed by atoms with E-state index in [1.54, 1.807) is 24.3 Å². The fraction of sp³-hybridized carbons (Fsp3) is 0.550. The highest BCUT2D eigenvalue weighted by Gasteiger charge is 2.51. The number of hydrogen-bond acceptors (Lipinski definition) is 3. The molecule has 1 aliphatic carbocycles. The summed E-state index contributed by atoms with van der Waals surface area (Å²) in [5.41, 5.74) is -0.489. The molecule has 2 fully saturated rings. The van der Waals surface area contributed by atoms with Crippen LogP contribution in [0.15, 0.2) is 24.3 Å². The fourth-order valence-corrected chi connectivity index (χ4v) is 4.20. The minimum Gasteiger partial charge on any atom is -0.352 e. The lowest BCUT2D eigenvalue weighted by Gasteiger charge is -2.30. The van der Waals surface area contributed by atoms with Crippen molar-refractivity contribution in [1.29, 1.82) is 0 Å². The van der Waals surface area contributed by atoms with E-state index in [0.29, 0.717) is 22.9 Å². The molecule has 3 rings (SSSR count). The third-order valence-corrected chi connectivity index (χ3v) is 6.05. The first-order valence-corrected chi connectivity index (χ1v) is 9.94. The number of carbonyl (C=O) groups excluding carboxylic acids is 3. The van der Waals surface area contributed by atoms with Gasteiger partial charge >= 0.3 is 6.03 Å². The number of urea groups is 1. The average Bonchev–Trinajstić information content (AvgIpc) is 2.89. The molecule has 6 nitrogen and oxygen atoms in total. The van der Waals surface area contributed by atoms with Crippen molar-refractivity contribution in [3.63, 3.8) is 0 Å². The Morgan fingerprint density at radius 2 is 1.93 bits per heavy atom. The number of benzene rings is 1. The first-order chi connectivity index (χ1) is 12.9. The smallest absolute Gasteiger partial charge is 0.325 e. The SMILES string of the molecule is CCC1(c2ccc(Cl)cc2)NC(=O)N(CC(=O)NC2CCCCC2C)C1=O. The molecule has 1 saturated carbocycles. The van der Waals surface area contributed by atoms with Gasteiger partial charge in [0.05, 0.1) is 0 Å². The second-order valence-corrected chi connectivity index (χ2v) is 7.96. The predicted octanol–water partition coefficient (Wildman–Crippen LogP) is 3.19.